The lowest BCUT2D eigenvalue weighted by molar-refractivity contribution is 0.206. The summed E-state index contributed by atoms with van der Waals surface area (Å²) in [5, 5.41) is 7.07. The molecule has 2 N–H and O–H groups in total. The highest BCUT2D eigenvalue weighted by atomic mass is 15.2. The van der Waals surface area contributed by atoms with Gasteiger partial charge in [0, 0.05) is 32.7 Å². The fraction of sp³-hybridized carbons (Fsp3) is 0.650. The van der Waals surface area contributed by atoms with Crippen molar-refractivity contribution in [3.63, 3.8) is 0 Å². The van der Waals surface area contributed by atoms with Gasteiger partial charge in [-0.2, -0.15) is 0 Å². The Morgan fingerprint density at radius 1 is 1.25 bits per heavy atom. The molecule has 1 aliphatic rings. The monoisotopic (exact) mass is 330 g/mol. The van der Waals surface area contributed by atoms with E-state index < -0.39 is 0 Å². The maximum absolute atomic E-state index is 4.39. The molecule has 1 aromatic rings. The average Bonchev–Trinajstić information content (AvgIpc) is 2.63. The zero-order chi connectivity index (χ0) is 17.2. The average molecular weight is 331 g/mol. The molecular weight excluding hydrogens is 296 g/mol. The number of likely N-dealkylation sites (tertiary alicyclic amines) is 1. The van der Waals surface area contributed by atoms with E-state index in [4.69, 9.17) is 0 Å². The van der Waals surface area contributed by atoms with Crippen molar-refractivity contribution in [2.45, 2.75) is 51.5 Å². The summed E-state index contributed by atoms with van der Waals surface area (Å²) in [7, 11) is 1.86. The molecule has 2 rings (SSSR count). The van der Waals surface area contributed by atoms with Gasteiger partial charge in [-0.05, 0) is 43.7 Å². The van der Waals surface area contributed by atoms with Gasteiger partial charge in [0.1, 0.15) is 0 Å². The number of rotatable bonds is 7. The van der Waals surface area contributed by atoms with Crippen molar-refractivity contribution in [2.24, 2.45) is 4.99 Å². The Labute approximate surface area is 147 Å². The maximum Gasteiger partial charge on any atom is 0.191 e. The molecule has 4 nitrogen and oxygen atoms in total. The van der Waals surface area contributed by atoms with Crippen LogP contribution >= 0.6 is 0 Å². The van der Waals surface area contributed by atoms with Gasteiger partial charge in [-0.1, -0.05) is 44.2 Å². The third-order valence-electron chi connectivity index (χ3n) is 4.93. The fourth-order valence-electron chi connectivity index (χ4n) is 3.36. The second kappa shape index (κ2) is 10.3. The summed E-state index contributed by atoms with van der Waals surface area (Å²) in [5.74, 6) is 1.51. The fourth-order valence-corrected chi connectivity index (χ4v) is 3.36. The number of hydrogen-bond acceptors (Lipinski definition) is 2. The van der Waals surface area contributed by atoms with E-state index in [1.54, 1.807) is 0 Å². The van der Waals surface area contributed by atoms with E-state index in [9.17, 15) is 0 Å². The van der Waals surface area contributed by atoms with Crippen molar-refractivity contribution >= 4 is 5.96 Å². The van der Waals surface area contributed by atoms with Gasteiger partial charge >= 0.3 is 0 Å². The van der Waals surface area contributed by atoms with Gasteiger partial charge in [0.05, 0.1) is 0 Å². The Morgan fingerprint density at radius 3 is 2.58 bits per heavy atom. The quantitative estimate of drug-likeness (QED) is 0.596. The van der Waals surface area contributed by atoms with E-state index in [2.05, 4.69) is 64.7 Å². The van der Waals surface area contributed by atoms with Crippen molar-refractivity contribution < 1.29 is 0 Å². The van der Waals surface area contributed by atoms with Crippen LogP contribution in [0.25, 0.3) is 0 Å². The van der Waals surface area contributed by atoms with Crippen molar-refractivity contribution in [3.05, 3.63) is 35.9 Å². The van der Waals surface area contributed by atoms with Gasteiger partial charge in [-0.3, -0.25) is 4.99 Å². The molecule has 4 heteroatoms. The molecule has 1 aliphatic heterocycles. The summed E-state index contributed by atoms with van der Waals surface area (Å²) < 4.78 is 0. The van der Waals surface area contributed by atoms with Crippen LogP contribution in [0.15, 0.2) is 35.3 Å². The van der Waals surface area contributed by atoms with Crippen molar-refractivity contribution in [1.82, 2.24) is 15.5 Å². The van der Waals surface area contributed by atoms with Gasteiger partial charge in [0.15, 0.2) is 5.96 Å². The van der Waals surface area contributed by atoms with Crippen LogP contribution in [0.2, 0.25) is 0 Å². The molecule has 0 radical (unpaired) electrons. The number of guanidine groups is 1. The summed E-state index contributed by atoms with van der Waals surface area (Å²) >= 11 is 0. The number of hydrogen-bond donors (Lipinski definition) is 2. The highest BCUT2D eigenvalue weighted by molar-refractivity contribution is 5.79. The first-order valence-corrected chi connectivity index (χ1v) is 9.47. The van der Waals surface area contributed by atoms with Gasteiger partial charge < -0.3 is 15.5 Å². The molecule has 0 saturated carbocycles. The van der Waals surface area contributed by atoms with E-state index in [1.807, 2.05) is 7.05 Å². The normalized spacial score (nSPS) is 18.4. The maximum atomic E-state index is 4.39. The van der Waals surface area contributed by atoms with Crippen LogP contribution in [0.5, 0.6) is 0 Å². The molecule has 0 amide bonds. The predicted molar refractivity (Wildman–Crippen MR) is 104 cm³/mol. The number of aliphatic imine (C=N–C) groups is 1. The number of nitrogens with zero attached hydrogens (tertiary/aromatic N) is 2. The smallest absolute Gasteiger partial charge is 0.191 e. The van der Waals surface area contributed by atoms with Gasteiger partial charge in [0.25, 0.3) is 0 Å². The molecule has 24 heavy (non-hydrogen) atoms. The van der Waals surface area contributed by atoms with Gasteiger partial charge in [0.2, 0.25) is 0 Å². The molecule has 1 saturated heterocycles. The molecule has 134 valence electrons. The van der Waals surface area contributed by atoms with Crippen LogP contribution in [0.3, 0.4) is 0 Å². The lowest BCUT2D eigenvalue weighted by atomic mass is 9.98. The lowest BCUT2D eigenvalue weighted by Gasteiger charge is -2.32. The van der Waals surface area contributed by atoms with E-state index in [0.29, 0.717) is 12.0 Å². The molecule has 0 aliphatic carbocycles. The molecular formula is C20H34N4. The summed E-state index contributed by atoms with van der Waals surface area (Å²) in [6.45, 7) is 9.13. The number of nitrogens with one attached hydrogen (secondary N) is 2. The first-order valence-electron chi connectivity index (χ1n) is 9.47. The first-order chi connectivity index (χ1) is 11.7. The molecule has 0 aromatic heterocycles. The zero-order valence-corrected chi connectivity index (χ0v) is 15.6. The van der Waals surface area contributed by atoms with E-state index >= 15 is 0 Å². The Hall–Kier alpha value is -1.55. The van der Waals surface area contributed by atoms with Crippen LogP contribution in [-0.2, 0) is 0 Å². The van der Waals surface area contributed by atoms with Crippen molar-refractivity contribution in [1.29, 1.82) is 0 Å². The van der Waals surface area contributed by atoms with Crippen molar-refractivity contribution in [2.75, 3.05) is 33.2 Å². The third-order valence-corrected chi connectivity index (χ3v) is 4.93. The number of benzene rings is 1. The molecule has 1 heterocycles. The van der Waals surface area contributed by atoms with Crippen LogP contribution in [0.4, 0.5) is 0 Å². The Bertz CT molecular complexity index is 478. The van der Waals surface area contributed by atoms with Gasteiger partial charge in [-0.15, -0.1) is 0 Å². The molecule has 1 atom stereocenters. The largest absolute Gasteiger partial charge is 0.356 e. The number of piperidine rings is 1. The highest BCUT2D eigenvalue weighted by Crippen LogP contribution is 2.17. The summed E-state index contributed by atoms with van der Waals surface area (Å²) in [6.07, 6.45) is 4.78. The third kappa shape index (κ3) is 6.16. The first kappa shape index (κ1) is 18.8. The second-order valence-electron chi connectivity index (χ2n) is 6.86. The summed E-state index contributed by atoms with van der Waals surface area (Å²) in [6, 6.07) is 11.3. The summed E-state index contributed by atoms with van der Waals surface area (Å²) in [4.78, 5) is 6.95. The van der Waals surface area contributed by atoms with Crippen LogP contribution in [-0.4, -0.2) is 50.1 Å². The molecule has 0 bridgehead atoms. The zero-order valence-electron chi connectivity index (χ0n) is 15.6. The SMILES string of the molecule is CCCN1CCC(NC(=NC)NCCC(C)c2ccccc2)CC1. The van der Waals surface area contributed by atoms with E-state index in [0.717, 1.165) is 18.9 Å². The van der Waals surface area contributed by atoms with E-state index in [1.165, 1.54) is 44.5 Å². The van der Waals surface area contributed by atoms with E-state index in [-0.39, 0.29) is 0 Å². The molecule has 1 fully saturated rings. The molecule has 1 unspecified atom stereocenters. The molecule has 0 spiro atoms. The van der Waals surface area contributed by atoms with Crippen LogP contribution < -0.4 is 10.6 Å². The Morgan fingerprint density at radius 2 is 1.96 bits per heavy atom. The lowest BCUT2D eigenvalue weighted by Crippen LogP contribution is -2.49. The molecule has 1 aromatic carbocycles. The minimum atomic E-state index is 0.552. The minimum Gasteiger partial charge on any atom is -0.356 e. The topological polar surface area (TPSA) is 39.7 Å². The Balaban J connectivity index is 1.68. The second-order valence-corrected chi connectivity index (χ2v) is 6.86. The van der Waals surface area contributed by atoms with Crippen LogP contribution in [0.1, 0.15) is 51.0 Å². The minimum absolute atomic E-state index is 0.552. The van der Waals surface area contributed by atoms with Crippen molar-refractivity contribution in [3.8, 4) is 0 Å². The Kier molecular flexibility index (Phi) is 8.10. The predicted octanol–water partition coefficient (Wildman–Crippen LogP) is 3.22. The summed E-state index contributed by atoms with van der Waals surface area (Å²) in [5.41, 5.74) is 1.41. The van der Waals surface area contributed by atoms with Gasteiger partial charge in [-0.25, -0.2) is 0 Å². The highest BCUT2D eigenvalue weighted by Gasteiger charge is 2.19. The van der Waals surface area contributed by atoms with Crippen LogP contribution in [0, 0.1) is 0 Å². The standard InChI is InChI=1S/C20H34N4/c1-4-14-24-15-11-19(12-16-24)23-20(21-3)22-13-10-17(2)18-8-6-5-7-9-18/h5-9,17,19H,4,10-16H2,1-3H3,(H2,21,22,23).